The Hall–Kier alpha value is -0.410. The summed E-state index contributed by atoms with van der Waals surface area (Å²) in [7, 11) is -2.69. The molecule has 0 heterocycles. The fourth-order valence-electron chi connectivity index (χ4n) is 1.61. The predicted molar refractivity (Wildman–Crippen MR) is 75.8 cm³/mol. The molecule has 0 amide bonds. The molecule has 0 aliphatic rings. The molecule has 114 valence electrons. The van der Waals surface area contributed by atoms with Crippen molar-refractivity contribution in [2.45, 2.75) is 19.1 Å². The first-order chi connectivity index (χ1) is 9.24. The molecule has 1 aromatic rings. The molecular formula is C11H15Cl2NO5S. The second-order valence-electron chi connectivity index (χ2n) is 3.95. The van der Waals surface area contributed by atoms with Crippen LogP contribution in [0.1, 0.15) is 18.6 Å². The maximum Gasteiger partial charge on any atom is 0.333 e. The fraction of sp³-hybridized carbons (Fsp3) is 0.455. The van der Waals surface area contributed by atoms with Crippen molar-refractivity contribution in [2.75, 3.05) is 13.9 Å². The van der Waals surface area contributed by atoms with E-state index in [-0.39, 0.29) is 6.79 Å². The molecule has 0 bridgehead atoms. The van der Waals surface area contributed by atoms with Crippen molar-refractivity contribution in [1.29, 1.82) is 0 Å². The highest BCUT2D eigenvalue weighted by molar-refractivity contribution is 7.84. The van der Waals surface area contributed by atoms with Crippen molar-refractivity contribution in [2.24, 2.45) is 5.14 Å². The van der Waals surface area contributed by atoms with Gasteiger partial charge in [0.15, 0.2) is 0 Å². The van der Waals surface area contributed by atoms with Gasteiger partial charge in [-0.1, -0.05) is 23.2 Å². The van der Waals surface area contributed by atoms with E-state index in [1.54, 1.807) is 18.2 Å². The zero-order chi connectivity index (χ0) is 15.3. The minimum absolute atomic E-state index is 0.0776. The molecule has 0 aromatic heterocycles. The Bertz CT molecular complexity index is 552. The topological polar surface area (TPSA) is 87.8 Å². The Morgan fingerprint density at radius 1 is 1.35 bits per heavy atom. The lowest BCUT2D eigenvalue weighted by Gasteiger charge is -2.24. The lowest BCUT2D eigenvalue weighted by atomic mass is 10.1. The van der Waals surface area contributed by atoms with Crippen molar-refractivity contribution in [3.05, 3.63) is 33.8 Å². The first kappa shape index (κ1) is 17.6. The van der Waals surface area contributed by atoms with E-state index in [2.05, 4.69) is 0 Å². The zero-order valence-electron chi connectivity index (χ0n) is 10.9. The van der Waals surface area contributed by atoms with Crippen molar-refractivity contribution < 1.29 is 22.1 Å². The van der Waals surface area contributed by atoms with E-state index < -0.39 is 22.5 Å². The third-order valence-electron chi connectivity index (χ3n) is 2.34. The first-order valence-corrected chi connectivity index (χ1v) is 7.74. The Morgan fingerprint density at radius 2 is 2.00 bits per heavy atom. The van der Waals surface area contributed by atoms with Gasteiger partial charge in [-0.15, -0.1) is 0 Å². The largest absolute Gasteiger partial charge is 0.359 e. The number of nitrogens with two attached hydrogens (primary N) is 1. The number of rotatable bonds is 7. The van der Waals surface area contributed by atoms with E-state index in [1.807, 2.05) is 0 Å². The van der Waals surface area contributed by atoms with E-state index in [0.717, 1.165) is 0 Å². The molecule has 0 saturated heterocycles. The van der Waals surface area contributed by atoms with Crippen LogP contribution in [0.3, 0.4) is 0 Å². The van der Waals surface area contributed by atoms with Crippen LogP contribution in [0.15, 0.2) is 18.2 Å². The van der Waals surface area contributed by atoms with Crippen LogP contribution in [0.2, 0.25) is 10.0 Å². The Balaban J connectivity index is 3.07. The van der Waals surface area contributed by atoms with Gasteiger partial charge in [-0.05, 0) is 25.1 Å². The third-order valence-corrected chi connectivity index (χ3v) is 3.49. The van der Waals surface area contributed by atoms with Gasteiger partial charge in [0.25, 0.3) is 0 Å². The highest BCUT2D eigenvalue weighted by Crippen LogP contribution is 2.32. The lowest BCUT2D eigenvalue weighted by Crippen LogP contribution is -2.29. The summed E-state index contributed by atoms with van der Waals surface area (Å²) in [5, 5.41) is 5.64. The molecule has 2 N–H and O–H groups in total. The van der Waals surface area contributed by atoms with Gasteiger partial charge >= 0.3 is 10.3 Å². The standard InChI is InChI=1S/C11H15Cl2NO5S/c1-7(19-20(14,15)16)11(18-6-17-2)9-5-8(12)3-4-10(9)13/h3-5,7,11H,6H2,1-2H3,(H2,14,15,16)/t7-,11+/m0/s1. The molecule has 0 unspecified atom stereocenters. The number of halogens is 2. The SMILES string of the molecule is COCO[C@@H](c1cc(Cl)ccc1Cl)[C@H](C)OS(N)(=O)=O. The maximum absolute atomic E-state index is 11.0. The third kappa shape index (κ3) is 5.53. The molecule has 0 fully saturated rings. The van der Waals surface area contributed by atoms with Crippen LogP contribution < -0.4 is 5.14 Å². The molecule has 1 rings (SSSR count). The molecule has 0 radical (unpaired) electrons. The first-order valence-electron chi connectivity index (χ1n) is 5.51. The summed E-state index contributed by atoms with van der Waals surface area (Å²) in [6, 6.07) is 4.74. The van der Waals surface area contributed by atoms with Crippen molar-refractivity contribution in [3.63, 3.8) is 0 Å². The quantitative estimate of drug-likeness (QED) is 0.767. The van der Waals surface area contributed by atoms with Gasteiger partial charge in [-0.25, -0.2) is 5.14 Å². The maximum atomic E-state index is 11.0. The Morgan fingerprint density at radius 3 is 2.55 bits per heavy atom. The average molecular weight is 344 g/mol. The molecule has 0 aliphatic carbocycles. The Labute approximate surface area is 128 Å². The van der Waals surface area contributed by atoms with Crippen LogP contribution in [-0.2, 0) is 24.0 Å². The highest BCUT2D eigenvalue weighted by Gasteiger charge is 2.26. The summed E-state index contributed by atoms with van der Waals surface area (Å²) in [6.07, 6.45) is -1.71. The van der Waals surface area contributed by atoms with Gasteiger partial charge in [0, 0.05) is 22.7 Å². The van der Waals surface area contributed by atoms with Crippen molar-refractivity contribution in [3.8, 4) is 0 Å². The second kappa shape index (κ2) is 7.56. The fourth-order valence-corrected chi connectivity index (χ4v) is 2.54. The molecule has 20 heavy (non-hydrogen) atoms. The smallest absolute Gasteiger partial charge is 0.333 e. The van der Waals surface area contributed by atoms with E-state index in [0.29, 0.717) is 15.6 Å². The normalized spacial score (nSPS) is 15.1. The summed E-state index contributed by atoms with van der Waals surface area (Å²) < 4.78 is 37.0. The molecule has 2 atom stereocenters. The number of ether oxygens (including phenoxy) is 2. The average Bonchev–Trinajstić information content (AvgIpc) is 2.31. The Kier molecular flexibility index (Phi) is 6.67. The summed E-state index contributed by atoms with van der Waals surface area (Å²) in [5.74, 6) is 0. The summed E-state index contributed by atoms with van der Waals surface area (Å²) in [5.41, 5.74) is 0.479. The summed E-state index contributed by atoms with van der Waals surface area (Å²) in [4.78, 5) is 0. The van der Waals surface area contributed by atoms with Crippen LogP contribution in [0.4, 0.5) is 0 Å². The van der Waals surface area contributed by atoms with Gasteiger partial charge in [0.05, 0.1) is 0 Å². The molecular weight excluding hydrogens is 329 g/mol. The van der Waals surface area contributed by atoms with Crippen molar-refractivity contribution in [1.82, 2.24) is 0 Å². The summed E-state index contributed by atoms with van der Waals surface area (Å²) >= 11 is 12.0. The molecule has 6 nitrogen and oxygen atoms in total. The van der Waals surface area contributed by atoms with Gasteiger partial charge in [-0.3, -0.25) is 4.18 Å². The van der Waals surface area contributed by atoms with Crippen LogP contribution in [0, 0.1) is 0 Å². The van der Waals surface area contributed by atoms with Crippen LogP contribution >= 0.6 is 23.2 Å². The molecule has 0 spiro atoms. The van der Waals surface area contributed by atoms with Gasteiger partial charge in [-0.2, -0.15) is 8.42 Å². The van der Waals surface area contributed by atoms with E-state index in [4.69, 9.17) is 42.0 Å². The predicted octanol–water partition coefficient (Wildman–Crippen LogP) is 2.26. The molecule has 9 heteroatoms. The summed E-state index contributed by atoms with van der Waals surface area (Å²) in [6.45, 7) is 1.41. The monoisotopic (exact) mass is 343 g/mol. The van der Waals surface area contributed by atoms with Crippen LogP contribution in [-0.4, -0.2) is 28.4 Å². The van der Waals surface area contributed by atoms with Crippen molar-refractivity contribution >= 4 is 33.5 Å². The zero-order valence-corrected chi connectivity index (χ0v) is 13.2. The second-order valence-corrected chi connectivity index (χ2v) is 5.98. The molecule has 0 aliphatic heterocycles. The molecule has 1 aromatic carbocycles. The number of benzene rings is 1. The van der Waals surface area contributed by atoms with Gasteiger partial charge in [0.1, 0.15) is 19.0 Å². The van der Waals surface area contributed by atoms with E-state index >= 15 is 0 Å². The van der Waals surface area contributed by atoms with E-state index in [1.165, 1.54) is 14.0 Å². The van der Waals surface area contributed by atoms with Gasteiger partial charge in [0.2, 0.25) is 0 Å². The minimum atomic E-state index is -4.12. The number of methoxy groups -OCH3 is 1. The van der Waals surface area contributed by atoms with Gasteiger partial charge < -0.3 is 9.47 Å². The molecule has 0 saturated carbocycles. The lowest BCUT2D eigenvalue weighted by molar-refractivity contribution is -0.104. The van der Waals surface area contributed by atoms with E-state index in [9.17, 15) is 8.42 Å². The van der Waals surface area contributed by atoms with Crippen LogP contribution in [0.5, 0.6) is 0 Å². The van der Waals surface area contributed by atoms with Crippen LogP contribution in [0.25, 0.3) is 0 Å². The highest BCUT2D eigenvalue weighted by atomic mass is 35.5. The number of hydrogen-bond donors (Lipinski definition) is 1. The minimum Gasteiger partial charge on any atom is -0.359 e. The number of hydrogen-bond acceptors (Lipinski definition) is 5.